The van der Waals surface area contributed by atoms with E-state index in [-0.39, 0.29) is 5.91 Å². The maximum Gasteiger partial charge on any atom is 0.266 e. The summed E-state index contributed by atoms with van der Waals surface area (Å²) in [6, 6.07) is 9.31. The van der Waals surface area contributed by atoms with Crippen LogP contribution in [-0.2, 0) is 11.8 Å². The zero-order valence-corrected chi connectivity index (χ0v) is 11.3. The number of hydrogen-bond donors (Lipinski definition) is 1. The molecule has 19 heavy (non-hydrogen) atoms. The van der Waals surface area contributed by atoms with Gasteiger partial charge in [-0.2, -0.15) is 5.10 Å². The van der Waals surface area contributed by atoms with Crippen LogP contribution in [0.25, 0.3) is 0 Å². The van der Waals surface area contributed by atoms with Crippen molar-refractivity contribution in [1.82, 2.24) is 9.78 Å². The van der Waals surface area contributed by atoms with Gasteiger partial charge in [-0.1, -0.05) is 17.7 Å². The third-order valence-corrected chi connectivity index (χ3v) is 2.67. The standard InChI is InChI=1S/C14H17N3O2/c1-10-4-6-12(7-5-10)19-11(2)14(18)15-13-8-9-17(3)16-13/h4-9,11H,1-3H3,(H,15,16,18). The molecule has 1 unspecified atom stereocenters. The van der Waals surface area contributed by atoms with Crippen molar-refractivity contribution in [2.75, 3.05) is 5.32 Å². The van der Waals surface area contributed by atoms with Gasteiger partial charge in [0.25, 0.3) is 5.91 Å². The fourth-order valence-corrected chi connectivity index (χ4v) is 1.58. The van der Waals surface area contributed by atoms with Crippen LogP contribution in [-0.4, -0.2) is 21.8 Å². The molecule has 1 heterocycles. The van der Waals surface area contributed by atoms with Gasteiger partial charge in [0, 0.05) is 19.3 Å². The Bertz CT molecular complexity index is 560. The predicted molar refractivity (Wildman–Crippen MR) is 73.1 cm³/mol. The highest BCUT2D eigenvalue weighted by Gasteiger charge is 2.15. The van der Waals surface area contributed by atoms with Crippen molar-refractivity contribution in [3.63, 3.8) is 0 Å². The van der Waals surface area contributed by atoms with Gasteiger partial charge >= 0.3 is 0 Å². The first-order valence-corrected chi connectivity index (χ1v) is 6.08. The molecule has 0 aliphatic heterocycles. The monoisotopic (exact) mass is 259 g/mol. The summed E-state index contributed by atoms with van der Waals surface area (Å²) >= 11 is 0. The first-order valence-electron chi connectivity index (χ1n) is 6.08. The first kappa shape index (κ1) is 13.1. The third kappa shape index (κ3) is 3.58. The van der Waals surface area contributed by atoms with Gasteiger partial charge in [-0.25, -0.2) is 0 Å². The summed E-state index contributed by atoms with van der Waals surface area (Å²) in [6.45, 7) is 3.71. The molecule has 5 nitrogen and oxygen atoms in total. The van der Waals surface area contributed by atoms with Crippen molar-refractivity contribution in [3.05, 3.63) is 42.1 Å². The van der Waals surface area contributed by atoms with E-state index in [4.69, 9.17) is 4.74 Å². The Balaban J connectivity index is 1.94. The maximum absolute atomic E-state index is 11.9. The van der Waals surface area contributed by atoms with Crippen LogP contribution in [0.2, 0.25) is 0 Å². The molecule has 0 aliphatic rings. The van der Waals surface area contributed by atoms with Crippen LogP contribution in [0, 0.1) is 6.92 Å². The summed E-state index contributed by atoms with van der Waals surface area (Å²) in [5, 5.41) is 6.78. The number of benzene rings is 1. The molecule has 0 radical (unpaired) electrons. The fraction of sp³-hybridized carbons (Fsp3) is 0.286. The number of aryl methyl sites for hydroxylation is 2. The molecule has 0 bridgehead atoms. The highest BCUT2D eigenvalue weighted by atomic mass is 16.5. The maximum atomic E-state index is 11.9. The Morgan fingerprint density at radius 2 is 2.00 bits per heavy atom. The Labute approximate surface area is 112 Å². The van der Waals surface area contributed by atoms with E-state index in [9.17, 15) is 4.79 Å². The Kier molecular flexibility index (Phi) is 3.85. The summed E-state index contributed by atoms with van der Waals surface area (Å²) < 4.78 is 7.19. The summed E-state index contributed by atoms with van der Waals surface area (Å²) in [4.78, 5) is 11.9. The van der Waals surface area contributed by atoms with Gasteiger partial charge in [0.1, 0.15) is 5.75 Å². The predicted octanol–water partition coefficient (Wildman–Crippen LogP) is 2.13. The van der Waals surface area contributed by atoms with E-state index in [1.807, 2.05) is 31.2 Å². The van der Waals surface area contributed by atoms with E-state index in [2.05, 4.69) is 10.4 Å². The number of carbonyl (C=O) groups is 1. The van der Waals surface area contributed by atoms with Crippen LogP contribution in [0.3, 0.4) is 0 Å². The Morgan fingerprint density at radius 1 is 1.32 bits per heavy atom. The molecule has 2 rings (SSSR count). The zero-order valence-electron chi connectivity index (χ0n) is 11.3. The topological polar surface area (TPSA) is 56.1 Å². The van der Waals surface area contributed by atoms with Crippen molar-refractivity contribution >= 4 is 11.7 Å². The summed E-state index contributed by atoms with van der Waals surface area (Å²) in [5.74, 6) is 0.973. The summed E-state index contributed by atoms with van der Waals surface area (Å²) in [7, 11) is 1.79. The molecule has 0 saturated carbocycles. The van der Waals surface area contributed by atoms with Gasteiger partial charge in [-0.3, -0.25) is 9.48 Å². The molecule has 5 heteroatoms. The molecule has 0 fully saturated rings. The number of ether oxygens (including phenoxy) is 1. The number of amides is 1. The average molecular weight is 259 g/mol. The Hall–Kier alpha value is -2.30. The summed E-state index contributed by atoms with van der Waals surface area (Å²) in [5.41, 5.74) is 1.15. The smallest absolute Gasteiger partial charge is 0.266 e. The minimum absolute atomic E-state index is 0.223. The highest BCUT2D eigenvalue weighted by molar-refractivity contribution is 5.93. The molecule has 2 aromatic rings. The molecule has 1 N–H and O–H groups in total. The molecule has 100 valence electrons. The van der Waals surface area contributed by atoms with Crippen molar-refractivity contribution < 1.29 is 9.53 Å². The number of anilines is 1. The molecule has 0 saturated heterocycles. The second-order valence-corrected chi connectivity index (χ2v) is 4.44. The van der Waals surface area contributed by atoms with Crippen molar-refractivity contribution in [1.29, 1.82) is 0 Å². The van der Waals surface area contributed by atoms with Crippen LogP contribution in [0.5, 0.6) is 5.75 Å². The minimum atomic E-state index is -0.579. The molecule has 1 atom stereocenters. The molecule has 1 aromatic heterocycles. The molecule has 1 amide bonds. The highest BCUT2D eigenvalue weighted by Crippen LogP contribution is 2.14. The van der Waals surface area contributed by atoms with Gasteiger partial charge in [-0.05, 0) is 26.0 Å². The minimum Gasteiger partial charge on any atom is -0.481 e. The van der Waals surface area contributed by atoms with Gasteiger partial charge in [0.2, 0.25) is 0 Å². The number of nitrogens with zero attached hydrogens (tertiary/aromatic N) is 2. The normalized spacial score (nSPS) is 11.9. The average Bonchev–Trinajstić information content (AvgIpc) is 2.77. The lowest BCUT2D eigenvalue weighted by atomic mass is 10.2. The number of hydrogen-bond acceptors (Lipinski definition) is 3. The van der Waals surface area contributed by atoms with Crippen LogP contribution in [0.15, 0.2) is 36.5 Å². The van der Waals surface area contributed by atoms with Gasteiger partial charge in [0.15, 0.2) is 11.9 Å². The molecule has 0 spiro atoms. The largest absolute Gasteiger partial charge is 0.481 e. The molecular formula is C14H17N3O2. The van der Waals surface area contributed by atoms with Crippen molar-refractivity contribution in [3.8, 4) is 5.75 Å². The van der Waals surface area contributed by atoms with Gasteiger partial charge in [0.05, 0.1) is 0 Å². The van der Waals surface area contributed by atoms with E-state index in [0.717, 1.165) is 5.56 Å². The Morgan fingerprint density at radius 3 is 2.58 bits per heavy atom. The number of aromatic nitrogens is 2. The SMILES string of the molecule is Cc1ccc(OC(C)C(=O)Nc2ccn(C)n2)cc1. The van der Waals surface area contributed by atoms with E-state index < -0.39 is 6.10 Å². The third-order valence-electron chi connectivity index (χ3n) is 2.67. The van der Waals surface area contributed by atoms with E-state index in [0.29, 0.717) is 11.6 Å². The second kappa shape index (κ2) is 5.56. The number of nitrogens with one attached hydrogen (secondary N) is 1. The molecular weight excluding hydrogens is 242 g/mol. The van der Waals surface area contributed by atoms with E-state index in [1.165, 1.54) is 0 Å². The summed E-state index contributed by atoms with van der Waals surface area (Å²) in [6.07, 6.45) is 1.19. The second-order valence-electron chi connectivity index (χ2n) is 4.44. The fourth-order valence-electron chi connectivity index (χ4n) is 1.58. The van der Waals surface area contributed by atoms with E-state index >= 15 is 0 Å². The molecule has 1 aromatic carbocycles. The number of carbonyl (C=O) groups excluding carboxylic acids is 1. The lowest BCUT2D eigenvalue weighted by Crippen LogP contribution is -2.30. The van der Waals surface area contributed by atoms with Crippen LogP contribution >= 0.6 is 0 Å². The quantitative estimate of drug-likeness (QED) is 0.915. The van der Waals surface area contributed by atoms with Crippen molar-refractivity contribution in [2.24, 2.45) is 7.05 Å². The van der Waals surface area contributed by atoms with Gasteiger partial charge < -0.3 is 10.1 Å². The van der Waals surface area contributed by atoms with Crippen LogP contribution in [0.4, 0.5) is 5.82 Å². The first-order chi connectivity index (χ1) is 9.04. The lowest BCUT2D eigenvalue weighted by molar-refractivity contribution is -0.122. The van der Waals surface area contributed by atoms with Gasteiger partial charge in [-0.15, -0.1) is 0 Å². The molecule has 0 aliphatic carbocycles. The van der Waals surface area contributed by atoms with Crippen molar-refractivity contribution in [2.45, 2.75) is 20.0 Å². The lowest BCUT2D eigenvalue weighted by Gasteiger charge is -2.13. The number of rotatable bonds is 4. The zero-order chi connectivity index (χ0) is 13.8. The van der Waals surface area contributed by atoms with Crippen LogP contribution < -0.4 is 10.1 Å². The van der Waals surface area contributed by atoms with E-state index in [1.54, 1.807) is 30.9 Å². The van der Waals surface area contributed by atoms with Crippen LogP contribution in [0.1, 0.15) is 12.5 Å².